The Kier molecular flexibility index (Phi) is 6.96. The molecule has 1 aromatic carbocycles. The number of aromatic nitrogens is 4. The molecule has 0 aliphatic heterocycles. The van der Waals surface area contributed by atoms with Crippen molar-refractivity contribution in [1.29, 1.82) is 5.26 Å². The predicted octanol–water partition coefficient (Wildman–Crippen LogP) is 2.98. The number of imidazole rings is 1. The molecule has 1 atom stereocenters. The second kappa shape index (κ2) is 9.96. The van der Waals surface area contributed by atoms with Gasteiger partial charge < -0.3 is 9.72 Å². The first-order valence-corrected chi connectivity index (χ1v) is 13.0. The molecule has 0 unspecified atom stereocenters. The van der Waals surface area contributed by atoms with Crippen molar-refractivity contribution in [3.05, 3.63) is 71.0 Å². The topological polar surface area (TPSA) is 134 Å². The lowest BCUT2D eigenvalue weighted by Gasteiger charge is -2.13. The third-order valence-electron chi connectivity index (χ3n) is 5.10. The maximum atomic E-state index is 14.1. The van der Waals surface area contributed by atoms with Crippen molar-refractivity contribution >= 4 is 38.9 Å². The lowest BCUT2D eigenvalue weighted by Crippen LogP contribution is -2.36. The molecule has 36 heavy (non-hydrogen) atoms. The van der Waals surface area contributed by atoms with E-state index in [-0.39, 0.29) is 29.0 Å². The van der Waals surface area contributed by atoms with Gasteiger partial charge in [-0.1, -0.05) is 11.6 Å². The Bertz CT molecular complexity index is 1580. The minimum absolute atomic E-state index is 0.0116. The SMILES string of the molecule is C[C@@H](Cn1ccc(-c2cc(F)c(C#N)c(Cl)c2)n1)NC(=O)Cc1cn2cc(NS(C)(=O)=O)ccc2n1. The molecule has 0 radical (unpaired) electrons. The van der Waals surface area contributed by atoms with Crippen LogP contribution < -0.4 is 10.0 Å². The summed E-state index contributed by atoms with van der Waals surface area (Å²) in [6.45, 7) is 2.19. The molecule has 0 bridgehead atoms. The van der Waals surface area contributed by atoms with Crippen molar-refractivity contribution in [3.8, 4) is 17.3 Å². The summed E-state index contributed by atoms with van der Waals surface area (Å²) in [6, 6.07) is 9.08. The number of halogens is 2. The highest BCUT2D eigenvalue weighted by Crippen LogP contribution is 2.26. The van der Waals surface area contributed by atoms with Gasteiger partial charge in [0.25, 0.3) is 0 Å². The molecule has 0 aliphatic carbocycles. The number of fused-ring (bicyclic) bond motifs is 1. The fourth-order valence-corrected chi connectivity index (χ4v) is 4.46. The zero-order chi connectivity index (χ0) is 26.0. The van der Waals surface area contributed by atoms with E-state index in [1.807, 2.05) is 6.92 Å². The first-order chi connectivity index (χ1) is 17.0. The van der Waals surface area contributed by atoms with E-state index < -0.39 is 15.8 Å². The quantitative estimate of drug-likeness (QED) is 0.360. The number of pyridine rings is 1. The average molecular weight is 530 g/mol. The van der Waals surface area contributed by atoms with Crippen LogP contribution in [-0.4, -0.2) is 45.8 Å². The van der Waals surface area contributed by atoms with Crippen LogP contribution in [-0.2, 0) is 27.8 Å². The Hall–Kier alpha value is -3.95. The van der Waals surface area contributed by atoms with E-state index in [1.165, 1.54) is 12.1 Å². The van der Waals surface area contributed by atoms with Crippen LogP contribution in [0.3, 0.4) is 0 Å². The molecule has 13 heteroatoms. The summed E-state index contributed by atoms with van der Waals surface area (Å²) in [5, 5.41) is 16.3. The number of anilines is 1. The van der Waals surface area contributed by atoms with Crippen LogP contribution in [0.5, 0.6) is 0 Å². The lowest BCUT2D eigenvalue weighted by molar-refractivity contribution is -0.121. The molecule has 4 rings (SSSR count). The zero-order valence-corrected chi connectivity index (χ0v) is 20.8. The zero-order valence-electron chi connectivity index (χ0n) is 19.2. The van der Waals surface area contributed by atoms with Gasteiger partial charge in [-0.3, -0.25) is 14.2 Å². The highest BCUT2D eigenvalue weighted by Gasteiger charge is 2.15. The molecule has 0 saturated carbocycles. The number of benzene rings is 1. The number of carbonyl (C=O) groups excluding carboxylic acids is 1. The monoisotopic (exact) mass is 529 g/mol. The molecule has 2 N–H and O–H groups in total. The smallest absolute Gasteiger partial charge is 0.229 e. The van der Waals surface area contributed by atoms with Gasteiger partial charge in [0.05, 0.1) is 41.3 Å². The lowest BCUT2D eigenvalue weighted by atomic mass is 10.1. The van der Waals surface area contributed by atoms with E-state index in [0.717, 1.165) is 6.26 Å². The van der Waals surface area contributed by atoms with Crippen LogP contribution >= 0.6 is 11.6 Å². The van der Waals surface area contributed by atoms with Crippen molar-refractivity contribution in [2.24, 2.45) is 0 Å². The number of nitrogens with one attached hydrogen (secondary N) is 2. The van der Waals surface area contributed by atoms with Crippen LogP contribution in [0.25, 0.3) is 16.9 Å². The van der Waals surface area contributed by atoms with Gasteiger partial charge in [-0.05, 0) is 37.3 Å². The predicted molar refractivity (Wildman–Crippen MR) is 132 cm³/mol. The van der Waals surface area contributed by atoms with Crippen LogP contribution in [0, 0.1) is 17.1 Å². The van der Waals surface area contributed by atoms with Crippen LogP contribution in [0.4, 0.5) is 10.1 Å². The van der Waals surface area contributed by atoms with Crippen molar-refractivity contribution in [2.45, 2.75) is 25.9 Å². The normalized spacial score (nSPS) is 12.3. The summed E-state index contributed by atoms with van der Waals surface area (Å²) >= 11 is 5.98. The minimum atomic E-state index is -3.41. The third-order valence-corrected chi connectivity index (χ3v) is 6.01. The molecule has 1 amide bonds. The van der Waals surface area contributed by atoms with Crippen molar-refractivity contribution in [3.63, 3.8) is 0 Å². The maximum absolute atomic E-state index is 14.1. The second-order valence-corrected chi connectivity index (χ2v) is 10.4. The van der Waals surface area contributed by atoms with E-state index in [2.05, 4.69) is 20.1 Å². The second-order valence-electron chi connectivity index (χ2n) is 8.28. The highest BCUT2D eigenvalue weighted by molar-refractivity contribution is 7.92. The molecule has 0 spiro atoms. The van der Waals surface area contributed by atoms with Gasteiger partial charge in [-0.25, -0.2) is 17.8 Å². The Labute approximate surface area is 211 Å². The minimum Gasteiger partial charge on any atom is -0.351 e. The van der Waals surface area contributed by atoms with Gasteiger partial charge >= 0.3 is 0 Å². The van der Waals surface area contributed by atoms with Crippen molar-refractivity contribution in [2.75, 3.05) is 11.0 Å². The van der Waals surface area contributed by atoms with E-state index >= 15 is 0 Å². The summed E-state index contributed by atoms with van der Waals surface area (Å²) < 4.78 is 42.6. The molecule has 0 fully saturated rings. The fraction of sp³-hybridized carbons (Fsp3) is 0.217. The molecular weight excluding hydrogens is 509 g/mol. The van der Waals surface area contributed by atoms with Gasteiger partial charge in [0, 0.05) is 30.2 Å². The van der Waals surface area contributed by atoms with E-state index in [1.54, 1.807) is 51.9 Å². The number of rotatable bonds is 8. The van der Waals surface area contributed by atoms with Gasteiger partial charge in [-0.15, -0.1) is 0 Å². The Morgan fingerprint density at radius 2 is 2.06 bits per heavy atom. The van der Waals surface area contributed by atoms with E-state index in [9.17, 15) is 17.6 Å². The van der Waals surface area contributed by atoms with E-state index in [0.29, 0.717) is 34.8 Å². The highest BCUT2D eigenvalue weighted by atomic mass is 35.5. The number of amides is 1. The summed E-state index contributed by atoms with van der Waals surface area (Å²) in [4.78, 5) is 16.9. The summed E-state index contributed by atoms with van der Waals surface area (Å²) in [5.74, 6) is -0.960. The van der Waals surface area contributed by atoms with Crippen molar-refractivity contribution in [1.82, 2.24) is 24.5 Å². The number of carbonyl (C=O) groups is 1. The number of nitrogens with zero attached hydrogens (tertiary/aromatic N) is 5. The first-order valence-electron chi connectivity index (χ1n) is 10.7. The largest absolute Gasteiger partial charge is 0.351 e. The standard InChI is InChI=1S/C23H21ClFN7O3S/c1-14(11-32-6-5-21(29-32)15-7-19(24)18(10-26)20(25)8-15)27-23(33)9-17-13-31-12-16(30-36(2,34)35)3-4-22(31)28-17/h3-8,12-14,30H,9,11H2,1-2H3,(H,27,33)/t14-/m0/s1. The molecule has 3 heterocycles. The van der Waals surface area contributed by atoms with Crippen LogP contribution in [0.2, 0.25) is 5.02 Å². The molecule has 0 aliphatic rings. The molecule has 0 saturated heterocycles. The van der Waals surface area contributed by atoms with Crippen LogP contribution in [0.15, 0.2) is 48.9 Å². The number of sulfonamides is 1. The number of hydrogen-bond acceptors (Lipinski definition) is 6. The van der Waals surface area contributed by atoms with Gasteiger partial charge in [-0.2, -0.15) is 10.4 Å². The summed E-state index contributed by atoms with van der Waals surface area (Å²) in [7, 11) is -3.41. The van der Waals surface area contributed by atoms with E-state index in [4.69, 9.17) is 16.9 Å². The molecule has 3 aromatic heterocycles. The number of nitriles is 1. The Morgan fingerprint density at radius 1 is 1.28 bits per heavy atom. The third kappa shape index (κ3) is 5.99. The van der Waals surface area contributed by atoms with Gasteiger partial charge in [0.1, 0.15) is 23.1 Å². The van der Waals surface area contributed by atoms with Gasteiger partial charge in [0.2, 0.25) is 15.9 Å². The molecule has 4 aromatic rings. The number of hydrogen-bond donors (Lipinski definition) is 2. The van der Waals surface area contributed by atoms with Crippen molar-refractivity contribution < 1.29 is 17.6 Å². The maximum Gasteiger partial charge on any atom is 0.229 e. The molecule has 10 nitrogen and oxygen atoms in total. The average Bonchev–Trinajstić information content (AvgIpc) is 3.38. The summed E-state index contributed by atoms with van der Waals surface area (Å²) in [6.07, 6.45) is 6.04. The fourth-order valence-electron chi connectivity index (χ4n) is 3.67. The van der Waals surface area contributed by atoms with Crippen LogP contribution in [0.1, 0.15) is 18.2 Å². The summed E-state index contributed by atoms with van der Waals surface area (Å²) in [5.41, 5.74) is 2.19. The molecular formula is C23H21ClFN7O3S. The molecule has 186 valence electrons. The Balaban J connectivity index is 1.37. The Morgan fingerprint density at radius 3 is 2.75 bits per heavy atom. The first kappa shape index (κ1) is 25.2. The van der Waals surface area contributed by atoms with Gasteiger partial charge in [0.15, 0.2) is 0 Å².